The number of hydrogen-bond acceptors (Lipinski definition) is 4. The third-order valence-electron chi connectivity index (χ3n) is 4.10. The van der Waals surface area contributed by atoms with Gasteiger partial charge in [-0.3, -0.25) is 4.79 Å². The normalized spacial score (nSPS) is 18.5. The van der Waals surface area contributed by atoms with Crippen molar-refractivity contribution in [2.45, 2.75) is 19.5 Å². The Morgan fingerprint density at radius 2 is 2.05 bits per heavy atom. The summed E-state index contributed by atoms with van der Waals surface area (Å²) in [4.78, 5) is 16.7. The summed E-state index contributed by atoms with van der Waals surface area (Å²) in [6, 6.07) is 12.2. The molecule has 0 saturated carbocycles. The van der Waals surface area contributed by atoms with Crippen LogP contribution in [0.25, 0.3) is 0 Å². The molecule has 2 N–H and O–H groups in total. The molecule has 1 unspecified atom stereocenters. The molecular formula is C16H21N5O. The molecule has 1 aromatic carbocycles. The highest BCUT2D eigenvalue weighted by Crippen LogP contribution is 2.19. The SMILES string of the molecule is CC1CN(c2ccccc2)CCN1C(=O)Cn1nccc1N. The Morgan fingerprint density at radius 3 is 2.68 bits per heavy atom. The second-order valence-corrected chi connectivity index (χ2v) is 5.63. The van der Waals surface area contributed by atoms with Crippen LogP contribution in [0.2, 0.25) is 0 Å². The Bertz CT molecular complexity index is 639. The van der Waals surface area contributed by atoms with Crippen molar-refractivity contribution in [3.05, 3.63) is 42.6 Å². The van der Waals surface area contributed by atoms with Crippen LogP contribution in [0.4, 0.5) is 11.5 Å². The van der Waals surface area contributed by atoms with E-state index in [-0.39, 0.29) is 18.5 Å². The summed E-state index contributed by atoms with van der Waals surface area (Å²) < 4.78 is 1.54. The van der Waals surface area contributed by atoms with Crippen LogP contribution in [0, 0.1) is 0 Å². The number of nitrogens with zero attached hydrogens (tertiary/aromatic N) is 4. The van der Waals surface area contributed by atoms with Crippen molar-refractivity contribution in [3.8, 4) is 0 Å². The van der Waals surface area contributed by atoms with E-state index in [1.165, 1.54) is 5.69 Å². The number of nitrogen functional groups attached to an aromatic ring is 1. The third-order valence-corrected chi connectivity index (χ3v) is 4.10. The Labute approximate surface area is 130 Å². The second-order valence-electron chi connectivity index (χ2n) is 5.63. The number of carbonyl (C=O) groups excluding carboxylic acids is 1. The first-order valence-electron chi connectivity index (χ1n) is 7.52. The maximum absolute atomic E-state index is 12.5. The van der Waals surface area contributed by atoms with Crippen molar-refractivity contribution >= 4 is 17.4 Å². The van der Waals surface area contributed by atoms with Gasteiger partial charge in [-0.2, -0.15) is 5.10 Å². The lowest BCUT2D eigenvalue weighted by Gasteiger charge is -2.41. The second kappa shape index (κ2) is 6.09. The zero-order valence-corrected chi connectivity index (χ0v) is 12.7. The van der Waals surface area contributed by atoms with Gasteiger partial charge in [0.2, 0.25) is 5.91 Å². The van der Waals surface area contributed by atoms with Crippen LogP contribution in [0.15, 0.2) is 42.6 Å². The van der Waals surface area contributed by atoms with Gasteiger partial charge in [0, 0.05) is 31.4 Å². The van der Waals surface area contributed by atoms with Gasteiger partial charge in [0.1, 0.15) is 12.4 Å². The number of aromatic nitrogens is 2. The highest BCUT2D eigenvalue weighted by atomic mass is 16.2. The van der Waals surface area contributed by atoms with E-state index in [4.69, 9.17) is 5.73 Å². The Morgan fingerprint density at radius 1 is 1.27 bits per heavy atom. The van der Waals surface area contributed by atoms with Gasteiger partial charge in [-0.15, -0.1) is 0 Å². The molecule has 1 atom stereocenters. The zero-order valence-electron chi connectivity index (χ0n) is 12.7. The fraction of sp³-hybridized carbons (Fsp3) is 0.375. The first kappa shape index (κ1) is 14.4. The van der Waals surface area contributed by atoms with Crippen molar-refractivity contribution < 1.29 is 4.79 Å². The molecule has 1 aromatic heterocycles. The minimum absolute atomic E-state index is 0.0654. The largest absolute Gasteiger partial charge is 0.384 e. The zero-order chi connectivity index (χ0) is 15.5. The minimum atomic E-state index is 0.0654. The van der Waals surface area contributed by atoms with Crippen LogP contribution in [0.1, 0.15) is 6.92 Å². The molecule has 6 heteroatoms. The molecular weight excluding hydrogens is 278 g/mol. The van der Waals surface area contributed by atoms with Crippen LogP contribution < -0.4 is 10.6 Å². The first-order chi connectivity index (χ1) is 10.6. The predicted octanol–water partition coefficient (Wildman–Crippen LogP) is 1.20. The predicted molar refractivity (Wildman–Crippen MR) is 86.5 cm³/mol. The number of rotatable bonds is 3. The van der Waals surface area contributed by atoms with Crippen molar-refractivity contribution in [1.82, 2.24) is 14.7 Å². The van der Waals surface area contributed by atoms with E-state index in [0.29, 0.717) is 5.82 Å². The average Bonchev–Trinajstić information content (AvgIpc) is 2.93. The molecule has 6 nitrogen and oxygen atoms in total. The molecule has 0 spiro atoms. The number of nitrogens with two attached hydrogens (primary N) is 1. The summed E-state index contributed by atoms with van der Waals surface area (Å²) in [7, 11) is 0. The van der Waals surface area contributed by atoms with E-state index in [0.717, 1.165) is 19.6 Å². The van der Waals surface area contributed by atoms with Gasteiger partial charge in [0.15, 0.2) is 0 Å². The quantitative estimate of drug-likeness (QED) is 0.925. The summed E-state index contributed by atoms with van der Waals surface area (Å²) >= 11 is 0. The van der Waals surface area contributed by atoms with E-state index in [2.05, 4.69) is 29.1 Å². The topological polar surface area (TPSA) is 67.4 Å². The molecule has 116 valence electrons. The van der Waals surface area contributed by atoms with Crippen LogP contribution in [-0.2, 0) is 11.3 Å². The first-order valence-corrected chi connectivity index (χ1v) is 7.52. The maximum atomic E-state index is 12.5. The van der Waals surface area contributed by atoms with Crippen molar-refractivity contribution in [1.29, 1.82) is 0 Å². The lowest BCUT2D eigenvalue weighted by molar-refractivity contribution is -0.134. The van der Waals surface area contributed by atoms with E-state index >= 15 is 0 Å². The molecule has 0 bridgehead atoms. The van der Waals surface area contributed by atoms with Crippen LogP contribution in [0.3, 0.4) is 0 Å². The van der Waals surface area contributed by atoms with E-state index < -0.39 is 0 Å². The molecule has 1 aliphatic rings. The molecule has 1 fully saturated rings. The molecule has 3 rings (SSSR count). The molecule has 1 aliphatic heterocycles. The minimum Gasteiger partial charge on any atom is -0.384 e. The van der Waals surface area contributed by atoms with Crippen molar-refractivity contribution in [2.24, 2.45) is 0 Å². The Kier molecular flexibility index (Phi) is 4.00. The van der Waals surface area contributed by atoms with Crippen molar-refractivity contribution in [3.63, 3.8) is 0 Å². The number of para-hydroxylation sites is 1. The number of piperazine rings is 1. The highest BCUT2D eigenvalue weighted by Gasteiger charge is 2.27. The smallest absolute Gasteiger partial charge is 0.244 e. The van der Waals surface area contributed by atoms with Gasteiger partial charge >= 0.3 is 0 Å². The number of amides is 1. The number of anilines is 2. The maximum Gasteiger partial charge on any atom is 0.244 e. The van der Waals surface area contributed by atoms with Gasteiger partial charge in [0.25, 0.3) is 0 Å². The highest BCUT2D eigenvalue weighted by molar-refractivity contribution is 5.77. The molecule has 0 aliphatic carbocycles. The number of carbonyl (C=O) groups is 1. The van der Waals surface area contributed by atoms with E-state index in [1.807, 2.05) is 23.1 Å². The number of hydrogen-bond donors (Lipinski definition) is 1. The van der Waals surface area contributed by atoms with Gasteiger partial charge < -0.3 is 15.5 Å². The average molecular weight is 299 g/mol. The monoisotopic (exact) mass is 299 g/mol. The molecule has 1 saturated heterocycles. The van der Waals surface area contributed by atoms with Gasteiger partial charge in [-0.05, 0) is 25.1 Å². The third kappa shape index (κ3) is 2.90. The summed E-state index contributed by atoms with van der Waals surface area (Å²) in [5.41, 5.74) is 6.98. The van der Waals surface area contributed by atoms with Crippen LogP contribution >= 0.6 is 0 Å². The lowest BCUT2D eigenvalue weighted by Crippen LogP contribution is -2.54. The van der Waals surface area contributed by atoms with Gasteiger partial charge in [-0.25, -0.2) is 4.68 Å². The van der Waals surface area contributed by atoms with Crippen LogP contribution in [0.5, 0.6) is 0 Å². The van der Waals surface area contributed by atoms with E-state index in [1.54, 1.807) is 16.9 Å². The number of benzene rings is 1. The molecule has 22 heavy (non-hydrogen) atoms. The molecule has 2 aromatic rings. The lowest BCUT2D eigenvalue weighted by atomic mass is 10.1. The summed E-state index contributed by atoms with van der Waals surface area (Å²) in [6.07, 6.45) is 1.61. The van der Waals surface area contributed by atoms with E-state index in [9.17, 15) is 4.79 Å². The van der Waals surface area contributed by atoms with Gasteiger partial charge in [0.05, 0.1) is 6.20 Å². The molecule has 2 heterocycles. The van der Waals surface area contributed by atoms with Crippen molar-refractivity contribution in [2.75, 3.05) is 30.3 Å². The molecule has 1 amide bonds. The summed E-state index contributed by atoms with van der Waals surface area (Å²) in [6.45, 7) is 4.68. The fourth-order valence-corrected chi connectivity index (χ4v) is 2.90. The van der Waals surface area contributed by atoms with Crippen LogP contribution in [-0.4, -0.2) is 46.3 Å². The Balaban J connectivity index is 1.63. The summed E-state index contributed by atoms with van der Waals surface area (Å²) in [5.74, 6) is 0.583. The molecule has 0 radical (unpaired) electrons. The summed E-state index contributed by atoms with van der Waals surface area (Å²) in [5, 5.41) is 4.07. The van der Waals surface area contributed by atoms with Gasteiger partial charge in [-0.1, -0.05) is 18.2 Å². The standard InChI is InChI=1S/C16H21N5O/c1-13-11-19(14-5-3-2-4-6-14)9-10-20(13)16(22)12-21-15(17)7-8-18-21/h2-8,13H,9-12,17H2,1H3. The fourth-order valence-electron chi connectivity index (χ4n) is 2.90. The Hall–Kier alpha value is -2.50.